The van der Waals surface area contributed by atoms with Crippen LogP contribution in [-0.4, -0.2) is 9.38 Å². The predicted octanol–water partition coefficient (Wildman–Crippen LogP) is 3.30. The van der Waals surface area contributed by atoms with Gasteiger partial charge in [-0.2, -0.15) is 5.26 Å². The average molecular weight is 283 g/mol. The summed E-state index contributed by atoms with van der Waals surface area (Å²) in [5.41, 5.74) is 9.56. The Balaban J connectivity index is 2.29. The van der Waals surface area contributed by atoms with Crippen molar-refractivity contribution in [2.24, 2.45) is 0 Å². The number of anilines is 1. The first kappa shape index (κ1) is 12.5. The molecule has 0 bridgehead atoms. The van der Waals surface area contributed by atoms with Gasteiger partial charge in [0.15, 0.2) is 5.65 Å². The minimum atomic E-state index is 0.265. The summed E-state index contributed by atoms with van der Waals surface area (Å²) >= 11 is 6.17. The van der Waals surface area contributed by atoms with E-state index in [1.54, 1.807) is 6.07 Å². The molecular formula is C15H11ClN4. The van der Waals surface area contributed by atoms with Crippen LogP contribution in [0.15, 0.2) is 42.6 Å². The van der Waals surface area contributed by atoms with Crippen molar-refractivity contribution in [2.45, 2.75) is 6.42 Å². The number of nitriles is 1. The molecule has 2 heterocycles. The maximum absolute atomic E-state index is 9.04. The second-order valence-corrected chi connectivity index (χ2v) is 4.82. The monoisotopic (exact) mass is 282 g/mol. The lowest BCUT2D eigenvalue weighted by Crippen LogP contribution is -1.93. The summed E-state index contributed by atoms with van der Waals surface area (Å²) in [6.45, 7) is 0. The molecule has 0 fully saturated rings. The molecule has 2 aromatic heterocycles. The highest BCUT2D eigenvalue weighted by atomic mass is 35.5. The molecule has 3 aromatic rings. The summed E-state index contributed by atoms with van der Waals surface area (Å²) < 4.78 is 1.86. The summed E-state index contributed by atoms with van der Waals surface area (Å²) in [4.78, 5) is 4.57. The van der Waals surface area contributed by atoms with Crippen molar-refractivity contribution in [2.75, 3.05) is 5.73 Å². The Morgan fingerprint density at radius 2 is 2.00 bits per heavy atom. The number of pyridine rings is 1. The average Bonchev–Trinajstić information content (AvgIpc) is 2.81. The first-order valence-corrected chi connectivity index (χ1v) is 6.47. The molecule has 0 radical (unpaired) electrons. The van der Waals surface area contributed by atoms with Gasteiger partial charge in [0.25, 0.3) is 0 Å². The van der Waals surface area contributed by atoms with Crippen molar-refractivity contribution in [3.8, 4) is 17.3 Å². The van der Waals surface area contributed by atoms with Crippen LogP contribution in [0.25, 0.3) is 16.9 Å². The number of fused-ring (bicyclic) bond motifs is 1. The molecule has 5 heteroatoms. The first-order valence-electron chi connectivity index (χ1n) is 6.09. The number of nitrogens with two attached hydrogens (primary N) is 1. The quantitative estimate of drug-likeness (QED) is 0.733. The Labute approximate surface area is 121 Å². The van der Waals surface area contributed by atoms with Crippen molar-refractivity contribution in [3.63, 3.8) is 0 Å². The second-order valence-electron chi connectivity index (χ2n) is 4.41. The topological polar surface area (TPSA) is 67.1 Å². The highest BCUT2D eigenvalue weighted by molar-refractivity contribution is 6.33. The molecule has 0 aliphatic rings. The Bertz CT molecular complexity index is 812. The molecule has 0 saturated heterocycles. The molecule has 0 aliphatic heterocycles. The van der Waals surface area contributed by atoms with E-state index in [4.69, 9.17) is 22.6 Å². The summed E-state index contributed by atoms with van der Waals surface area (Å²) in [5, 5.41) is 9.60. The fourth-order valence-electron chi connectivity index (χ4n) is 2.20. The molecule has 0 unspecified atom stereocenters. The molecule has 20 heavy (non-hydrogen) atoms. The third-order valence-corrected chi connectivity index (χ3v) is 3.43. The standard InChI is InChI=1S/C15H11ClN4/c16-12-2-1-9-20-13(7-8-17)14(19-15(12)20)10-3-5-11(18)6-4-10/h1-6,9H,7,18H2. The van der Waals surface area contributed by atoms with E-state index in [1.165, 1.54) is 0 Å². The number of benzene rings is 1. The number of nitrogens with zero attached hydrogens (tertiary/aromatic N) is 3. The van der Waals surface area contributed by atoms with Gasteiger partial charge in [-0.05, 0) is 24.3 Å². The first-order chi connectivity index (χ1) is 9.70. The van der Waals surface area contributed by atoms with E-state index in [9.17, 15) is 0 Å². The second kappa shape index (κ2) is 4.87. The van der Waals surface area contributed by atoms with Crippen molar-refractivity contribution in [3.05, 3.63) is 53.3 Å². The molecule has 1 aromatic carbocycles. The van der Waals surface area contributed by atoms with Gasteiger partial charge in [-0.15, -0.1) is 0 Å². The number of imidazole rings is 1. The smallest absolute Gasteiger partial charge is 0.156 e. The third-order valence-electron chi connectivity index (χ3n) is 3.13. The van der Waals surface area contributed by atoms with Crippen LogP contribution in [0, 0.1) is 11.3 Å². The predicted molar refractivity (Wildman–Crippen MR) is 79.4 cm³/mol. The van der Waals surface area contributed by atoms with Crippen molar-refractivity contribution in [1.29, 1.82) is 5.26 Å². The number of nitrogen functional groups attached to an aromatic ring is 1. The van der Waals surface area contributed by atoms with E-state index in [0.29, 0.717) is 16.4 Å². The molecule has 0 saturated carbocycles. The van der Waals surface area contributed by atoms with Crippen molar-refractivity contribution < 1.29 is 0 Å². The lowest BCUT2D eigenvalue weighted by atomic mass is 10.1. The SMILES string of the molecule is N#CCc1c(-c2ccc(N)cc2)nc2c(Cl)cccn12. The van der Waals surface area contributed by atoms with Crippen molar-refractivity contribution in [1.82, 2.24) is 9.38 Å². The zero-order chi connectivity index (χ0) is 14.1. The normalized spacial score (nSPS) is 10.6. The lowest BCUT2D eigenvalue weighted by molar-refractivity contribution is 1.06. The molecule has 3 rings (SSSR count). The summed E-state index contributed by atoms with van der Waals surface area (Å²) in [6, 6.07) is 13.2. The molecule has 98 valence electrons. The van der Waals surface area contributed by atoms with Crippen LogP contribution in [-0.2, 0) is 6.42 Å². The highest BCUT2D eigenvalue weighted by Gasteiger charge is 2.15. The van der Waals surface area contributed by atoms with Crippen LogP contribution in [0.3, 0.4) is 0 Å². The van der Waals surface area contributed by atoms with E-state index >= 15 is 0 Å². The largest absolute Gasteiger partial charge is 0.399 e. The molecule has 4 nitrogen and oxygen atoms in total. The van der Waals surface area contributed by atoms with Gasteiger partial charge < -0.3 is 10.1 Å². The number of hydrogen-bond donors (Lipinski definition) is 1. The zero-order valence-corrected chi connectivity index (χ0v) is 11.3. The zero-order valence-electron chi connectivity index (χ0n) is 10.5. The van der Waals surface area contributed by atoms with Crippen LogP contribution in [0.2, 0.25) is 5.02 Å². The van der Waals surface area contributed by atoms with Gasteiger partial charge >= 0.3 is 0 Å². The van der Waals surface area contributed by atoms with Crippen LogP contribution in [0.1, 0.15) is 5.69 Å². The molecular weight excluding hydrogens is 272 g/mol. The fraction of sp³-hybridized carbons (Fsp3) is 0.0667. The van der Waals surface area contributed by atoms with Gasteiger partial charge in [-0.25, -0.2) is 4.98 Å². The molecule has 0 aliphatic carbocycles. The molecule has 0 atom stereocenters. The number of aromatic nitrogens is 2. The van der Waals surface area contributed by atoms with Gasteiger partial charge in [0.2, 0.25) is 0 Å². The summed E-state index contributed by atoms with van der Waals surface area (Å²) in [5.74, 6) is 0. The van der Waals surface area contributed by atoms with Crippen LogP contribution < -0.4 is 5.73 Å². The summed E-state index contributed by atoms with van der Waals surface area (Å²) in [6.07, 6.45) is 2.13. The Hall–Kier alpha value is -2.51. The maximum Gasteiger partial charge on any atom is 0.156 e. The van der Waals surface area contributed by atoms with E-state index in [1.807, 2.05) is 40.9 Å². The molecule has 2 N–H and O–H groups in total. The molecule has 0 amide bonds. The summed E-state index contributed by atoms with van der Waals surface area (Å²) in [7, 11) is 0. The Morgan fingerprint density at radius 3 is 2.70 bits per heavy atom. The number of rotatable bonds is 2. The van der Waals surface area contributed by atoms with E-state index in [-0.39, 0.29) is 6.42 Å². The molecule has 0 spiro atoms. The van der Waals surface area contributed by atoms with Crippen molar-refractivity contribution >= 4 is 22.9 Å². The van der Waals surface area contributed by atoms with Crippen LogP contribution in [0.4, 0.5) is 5.69 Å². The third kappa shape index (κ3) is 1.98. The maximum atomic E-state index is 9.04. The lowest BCUT2D eigenvalue weighted by Gasteiger charge is -2.02. The van der Waals surface area contributed by atoms with Gasteiger partial charge in [0.05, 0.1) is 28.9 Å². The van der Waals surface area contributed by atoms with Gasteiger partial charge in [-0.3, -0.25) is 0 Å². The van der Waals surface area contributed by atoms with E-state index < -0.39 is 0 Å². The van der Waals surface area contributed by atoms with Gasteiger partial charge in [0.1, 0.15) is 0 Å². The van der Waals surface area contributed by atoms with Crippen LogP contribution in [0.5, 0.6) is 0 Å². The van der Waals surface area contributed by atoms with Gasteiger partial charge in [0, 0.05) is 17.4 Å². The highest BCUT2D eigenvalue weighted by Crippen LogP contribution is 2.28. The number of halogens is 1. The van der Waals surface area contributed by atoms with Gasteiger partial charge in [-0.1, -0.05) is 23.7 Å². The minimum absolute atomic E-state index is 0.265. The number of hydrogen-bond acceptors (Lipinski definition) is 3. The Morgan fingerprint density at radius 1 is 1.25 bits per heavy atom. The van der Waals surface area contributed by atoms with E-state index in [0.717, 1.165) is 17.0 Å². The Kier molecular flexibility index (Phi) is 3.05. The van der Waals surface area contributed by atoms with Crippen LogP contribution >= 0.6 is 11.6 Å². The van der Waals surface area contributed by atoms with E-state index in [2.05, 4.69) is 11.1 Å². The fourth-order valence-corrected chi connectivity index (χ4v) is 2.41. The minimum Gasteiger partial charge on any atom is -0.399 e.